The van der Waals surface area contributed by atoms with Gasteiger partial charge in [0.15, 0.2) is 11.8 Å². The van der Waals surface area contributed by atoms with Crippen molar-refractivity contribution in [1.82, 2.24) is 45.7 Å². The van der Waals surface area contributed by atoms with Gasteiger partial charge in [0.25, 0.3) is 0 Å². The number of carbonyl (C=O) groups is 1. The van der Waals surface area contributed by atoms with E-state index >= 15 is 0 Å². The van der Waals surface area contributed by atoms with Gasteiger partial charge in [-0.05, 0) is 55.9 Å². The molecule has 0 bridgehead atoms. The summed E-state index contributed by atoms with van der Waals surface area (Å²) in [5, 5.41) is 30.1. The van der Waals surface area contributed by atoms with Crippen LogP contribution in [0.2, 0.25) is 5.02 Å². The van der Waals surface area contributed by atoms with Gasteiger partial charge in [0, 0.05) is 23.2 Å². The molecule has 0 saturated heterocycles. The quantitative estimate of drug-likeness (QED) is 0.131. The van der Waals surface area contributed by atoms with E-state index in [2.05, 4.69) is 36.2 Å². The van der Waals surface area contributed by atoms with Crippen molar-refractivity contribution in [2.75, 3.05) is 6.61 Å². The largest absolute Gasteiger partial charge is 0.447 e. The van der Waals surface area contributed by atoms with Crippen molar-refractivity contribution in [2.45, 2.75) is 63.3 Å². The van der Waals surface area contributed by atoms with E-state index in [4.69, 9.17) is 21.7 Å². The lowest BCUT2D eigenvalue weighted by Gasteiger charge is -2.23. The number of amides is 1. The van der Waals surface area contributed by atoms with Crippen LogP contribution in [-0.2, 0) is 11.3 Å². The number of nitrogens with one attached hydrogen (secondary N) is 4. The second-order valence-corrected chi connectivity index (χ2v) is 11.6. The zero-order valence-electron chi connectivity index (χ0n) is 23.8. The predicted octanol–water partition coefficient (Wildman–Crippen LogP) is 5.22. The molecule has 0 aliphatic heterocycles. The first-order chi connectivity index (χ1) is 21.2. The topological polar surface area (TPSA) is 148 Å². The Kier molecular flexibility index (Phi) is 8.17. The number of hydrogen-bond donors (Lipinski definition) is 4. The average molecular weight is 625 g/mol. The molecule has 2 aromatic heterocycles. The fraction of sp³-hybridized carbons (Fsp3) is 0.379. The third-order valence-corrected chi connectivity index (χ3v) is 7.93. The summed E-state index contributed by atoms with van der Waals surface area (Å²) in [6.45, 7) is -0.792. The zero-order valence-corrected chi connectivity index (χ0v) is 24.6. The minimum Gasteiger partial charge on any atom is -0.447 e. The Morgan fingerprint density at radius 1 is 1.18 bits per heavy atom. The van der Waals surface area contributed by atoms with Crippen LogP contribution in [0.3, 0.4) is 0 Å². The van der Waals surface area contributed by atoms with Gasteiger partial charge in [-0.1, -0.05) is 41.9 Å². The monoisotopic (exact) mass is 624 g/mol. The summed E-state index contributed by atoms with van der Waals surface area (Å²) in [5.74, 6) is -0.144. The number of benzene rings is 2. The maximum absolute atomic E-state index is 13.5. The van der Waals surface area contributed by atoms with E-state index in [9.17, 15) is 13.6 Å². The number of alkyl halides is 2. The van der Waals surface area contributed by atoms with Crippen LogP contribution in [0.1, 0.15) is 62.4 Å². The van der Waals surface area contributed by atoms with Crippen LogP contribution < -0.4 is 16.0 Å². The molecule has 4 N–H and O–H groups in total. The van der Waals surface area contributed by atoms with Crippen molar-refractivity contribution in [3.63, 3.8) is 0 Å². The molecule has 0 spiro atoms. The van der Waals surface area contributed by atoms with Crippen LogP contribution in [0.4, 0.5) is 13.6 Å². The Balaban J connectivity index is 1.14. The van der Waals surface area contributed by atoms with Crippen molar-refractivity contribution in [3.05, 3.63) is 71.1 Å². The molecule has 230 valence electrons. The Hall–Kier alpha value is -4.59. The lowest BCUT2D eigenvalue weighted by molar-refractivity contribution is 0.0582. The van der Waals surface area contributed by atoms with Gasteiger partial charge in [0.05, 0.1) is 23.3 Å². The van der Waals surface area contributed by atoms with Crippen LogP contribution in [0.15, 0.2) is 55.0 Å². The lowest BCUT2D eigenvalue weighted by atomic mass is 10.0. The first kappa shape index (κ1) is 29.5. The minimum atomic E-state index is -2.92. The van der Waals surface area contributed by atoms with Gasteiger partial charge in [0.1, 0.15) is 18.6 Å². The van der Waals surface area contributed by atoms with E-state index in [0.717, 1.165) is 48.8 Å². The SMILES string of the molecule is CC1(NC(=O)OCC(NC(=N)NCc2ccc(-c3cnn(C4CC4)n3)cc2)c2ccc(Cl)c(-c3ncnn3C(F)F)c2)CC1. The van der Waals surface area contributed by atoms with Crippen LogP contribution in [0.25, 0.3) is 22.6 Å². The molecule has 12 nitrogen and oxygen atoms in total. The van der Waals surface area contributed by atoms with Gasteiger partial charge in [-0.25, -0.2) is 9.78 Å². The van der Waals surface area contributed by atoms with Crippen molar-refractivity contribution < 1.29 is 18.3 Å². The Bertz CT molecular complexity index is 1650. The summed E-state index contributed by atoms with van der Waals surface area (Å²) in [7, 11) is 0. The van der Waals surface area contributed by atoms with E-state index in [1.54, 1.807) is 29.2 Å². The molecule has 0 radical (unpaired) electrons. The molecular formula is C29H31ClF2N10O2. The molecular weight excluding hydrogens is 594 g/mol. The summed E-state index contributed by atoms with van der Waals surface area (Å²) in [4.78, 5) is 18.2. The van der Waals surface area contributed by atoms with Gasteiger partial charge in [-0.15, -0.1) is 0 Å². The number of guanidine groups is 1. The molecule has 2 aliphatic rings. The number of alkyl carbamates (subject to hydrolysis) is 1. The number of aromatic nitrogens is 6. The Morgan fingerprint density at radius 2 is 1.95 bits per heavy atom. The number of hydrogen-bond acceptors (Lipinski definition) is 7. The summed E-state index contributed by atoms with van der Waals surface area (Å²) < 4.78 is 33.0. The van der Waals surface area contributed by atoms with Crippen LogP contribution in [-0.4, -0.2) is 54.0 Å². The Morgan fingerprint density at radius 3 is 2.66 bits per heavy atom. The molecule has 2 aromatic carbocycles. The zero-order chi connectivity index (χ0) is 30.8. The summed E-state index contributed by atoms with van der Waals surface area (Å²) in [6.07, 6.45) is 6.16. The molecule has 2 fully saturated rings. The normalized spacial score (nSPS) is 15.9. The number of ether oxygens (including phenoxy) is 1. The predicted molar refractivity (Wildman–Crippen MR) is 158 cm³/mol. The highest BCUT2D eigenvalue weighted by Gasteiger charge is 2.39. The first-order valence-corrected chi connectivity index (χ1v) is 14.6. The number of rotatable bonds is 11. The van der Waals surface area contributed by atoms with Gasteiger partial charge in [-0.3, -0.25) is 5.41 Å². The van der Waals surface area contributed by atoms with Gasteiger partial charge in [0.2, 0.25) is 0 Å². The smallest absolute Gasteiger partial charge is 0.407 e. The van der Waals surface area contributed by atoms with Gasteiger partial charge < -0.3 is 20.7 Å². The van der Waals surface area contributed by atoms with Crippen molar-refractivity contribution in [1.29, 1.82) is 5.41 Å². The molecule has 6 rings (SSSR count). The summed E-state index contributed by atoms with van der Waals surface area (Å²) in [5.41, 5.74) is 3.17. The number of carbonyl (C=O) groups excluding carboxylic acids is 1. The van der Waals surface area contributed by atoms with Gasteiger partial charge >= 0.3 is 12.6 Å². The van der Waals surface area contributed by atoms with Gasteiger partial charge in [-0.2, -0.15) is 33.6 Å². The summed E-state index contributed by atoms with van der Waals surface area (Å²) >= 11 is 6.36. The first-order valence-electron chi connectivity index (χ1n) is 14.2. The van der Waals surface area contributed by atoms with E-state index in [-0.39, 0.29) is 34.5 Å². The Labute approximate surface area is 256 Å². The van der Waals surface area contributed by atoms with Crippen molar-refractivity contribution >= 4 is 23.7 Å². The van der Waals surface area contributed by atoms with E-state index in [1.807, 2.05) is 31.2 Å². The van der Waals surface area contributed by atoms with E-state index in [0.29, 0.717) is 22.8 Å². The van der Waals surface area contributed by atoms with Crippen molar-refractivity contribution in [2.24, 2.45) is 0 Å². The average Bonchev–Trinajstić information content (AvgIpc) is 3.86. The van der Waals surface area contributed by atoms with Crippen LogP contribution in [0.5, 0.6) is 0 Å². The fourth-order valence-corrected chi connectivity index (χ4v) is 4.79. The molecule has 15 heteroatoms. The second kappa shape index (κ2) is 12.2. The molecule has 1 atom stereocenters. The lowest BCUT2D eigenvalue weighted by Crippen LogP contribution is -2.41. The minimum absolute atomic E-state index is 0.0307. The number of halogens is 3. The molecule has 4 aromatic rings. The standard InChI is InChI=1S/C29H31ClF2N10O2/c1-29(10-11-29)39-28(43)44-15-24(19-6-9-22(30)21(12-19)25-35-16-37-41(25)26(31)32)38-27(33)34-13-17-2-4-18(5-3-17)23-14-36-42(40-23)20-7-8-20/h2-6,9,12,14,16,20,24,26H,7-8,10-11,13,15H2,1H3,(H,39,43)(H3,33,34,38). The van der Waals surface area contributed by atoms with Crippen LogP contribution >= 0.6 is 11.6 Å². The van der Waals surface area contributed by atoms with Crippen LogP contribution in [0, 0.1) is 5.41 Å². The highest BCUT2D eigenvalue weighted by Crippen LogP contribution is 2.35. The third kappa shape index (κ3) is 6.96. The molecule has 1 amide bonds. The molecule has 2 saturated carbocycles. The maximum atomic E-state index is 13.5. The summed E-state index contributed by atoms with van der Waals surface area (Å²) in [6, 6.07) is 12.3. The molecule has 44 heavy (non-hydrogen) atoms. The number of nitrogens with zero attached hydrogens (tertiary/aromatic N) is 6. The second-order valence-electron chi connectivity index (χ2n) is 11.2. The molecule has 2 aliphatic carbocycles. The van der Waals surface area contributed by atoms with E-state index in [1.165, 1.54) is 0 Å². The molecule has 2 heterocycles. The van der Waals surface area contributed by atoms with E-state index < -0.39 is 18.7 Å². The maximum Gasteiger partial charge on any atom is 0.407 e. The highest BCUT2D eigenvalue weighted by atomic mass is 35.5. The third-order valence-electron chi connectivity index (χ3n) is 7.60. The molecule has 1 unspecified atom stereocenters. The fourth-order valence-electron chi connectivity index (χ4n) is 4.59. The highest BCUT2D eigenvalue weighted by molar-refractivity contribution is 6.33. The van der Waals surface area contributed by atoms with Crippen molar-refractivity contribution in [3.8, 4) is 22.6 Å².